The van der Waals surface area contributed by atoms with Crippen LogP contribution in [0.2, 0.25) is 0 Å². The summed E-state index contributed by atoms with van der Waals surface area (Å²) in [5.41, 5.74) is 0.239. The summed E-state index contributed by atoms with van der Waals surface area (Å²) in [7, 11) is 0. The molecule has 0 amide bonds. The van der Waals surface area contributed by atoms with Gasteiger partial charge in [0.25, 0.3) is 0 Å². The van der Waals surface area contributed by atoms with E-state index in [4.69, 9.17) is 0 Å². The zero-order valence-corrected chi connectivity index (χ0v) is 7.02. The fourth-order valence-electron chi connectivity index (χ4n) is 1.59. The Kier molecular flexibility index (Phi) is 2.02. The molecule has 2 heteroatoms. The normalized spacial score (nSPS) is 34.8. The van der Waals surface area contributed by atoms with Crippen LogP contribution < -0.4 is 5.32 Å². The van der Waals surface area contributed by atoms with E-state index >= 15 is 0 Å². The van der Waals surface area contributed by atoms with Gasteiger partial charge in [0, 0.05) is 5.92 Å². The van der Waals surface area contributed by atoms with Gasteiger partial charge in [-0.1, -0.05) is 20.8 Å². The van der Waals surface area contributed by atoms with Gasteiger partial charge in [-0.2, -0.15) is 0 Å². The second-order valence-electron chi connectivity index (χ2n) is 4.16. The average Bonchev–Trinajstić information content (AvgIpc) is 2.11. The van der Waals surface area contributed by atoms with E-state index in [1.54, 1.807) is 0 Å². The summed E-state index contributed by atoms with van der Waals surface area (Å²) in [5.74, 6) is 0.424. The monoisotopic (exact) mass is 143 g/mol. The Labute approximate surface area is 62.6 Å². The van der Waals surface area contributed by atoms with Crippen LogP contribution in [0.15, 0.2) is 0 Å². The van der Waals surface area contributed by atoms with Crippen LogP contribution in [0.1, 0.15) is 27.2 Å². The fourth-order valence-corrected chi connectivity index (χ4v) is 1.59. The van der Waals surface area contributed by atoms with Crippen LogP contribution in [0.5, 0.6) is 0 Å². The molecule has 0 spiro atoms. The van der Waals surface area contributed by atoms with Crippen molar-refractivity contribution in [2.24, 2.45) is 11.3 Å². The molecule has 60 valence electrons. The van der Waals surface area contributed by atoms with Gasteiger partial charge in [0.2, 0.25) is 0 Å². The highest BCUT2D eigenvalue weighted by Crippen LogP contribution is 2.33. The molecule has 2 unspecified atom stereocenters. The van der Waals surface area contributed by atoms with Crippen LogP contribution in [-0.2, 0) is 0 Å². The van der Waals surface area contributed by atoms with Crippen molar-refractivity contribution in [2.45, 2.75) is 33.4 Å². The summed E-state index contributed by atoms with van der Waals surface area (Å²) < 4.78 is 0. The molecule has 0 aromatic carbocycles. The molecule has 0 radical (unpaired) electrons. The minimum atomic E-state index is -0.278. The van der Waals surface area contributed by atoms with Gasteiger partial charge in [-0.25, -0.2) is 0 Å². The molecule has 2 nitrogen and oxygen atoms in total. The Balaban J connectivity index is 2.55. The molecular formula is C8H17NO. The first-order valence-corrected chi connectivity index (χ1v) is 3.93. The number of aliphatic hydroxyl groups excluding tert-OH is 1. The van der Waals surface area contributed by atoms with E-state index in [-0.39, 0.29) is 11.6 Å². The summed E-state index contributed by atoms with van der Waals surface area (Å²) in [6.45, 7) is 7.48. The summed E-state index contributed by atoms with van der Waals surface area (Å²) in [6, 6.07) is 0. The Bertz CT molecular complexity index is 117. The smallest absolute Gasteiger partial charge is 0.108 e. The topological polar surface area (TPSA) is 32.3 Å². The van der Waals surface area contributed by atoms with E-state index in [0.29, 0.717) is 5.92 Å². The first-order chi connectivity index (χ1) is 4.52. The molecule has 1 aliphatic heterocycles. The van der Waals surface area contributed by atoms with E-state index in [1.165, 1.54) is 0 Å². The number of nitrogens with one attached hydrogen (secondary N) is 1. The maximum atomic E-state index is 9.41. The highest BCUT2D eigenvalue weighted by Gasteiger charge is 2.34. The van der Waals surface area contributed by atoms with Crippen molar-refractivity contribution >= 4 is 0 Å². The third-order valence-corrected chi connectivity index (χ3v) is 2.30. The number of hydrogen-bond donors (Lipinski definition) is 2. The molecule has 0 saturated carbocycles. The van der Waals surface area contributed by atoms with Gasteiger partial charge in [0.05, 0.1) is 0 Å². The fraction of sp³-hybridized carbons (Fsp3) is 1.00. The molecule has 0 aromatic heterocycles. The summed E-state index contributed by atoms with van der Waals surface area (Å²) in [6.07, 6.45) is 0.824. The van der Waals surface area contributed by atoms with E-state index < -0.39 is 0 Å². The molecule has 0 aromatic rings. The number of rotatable bonds is 0. The van der Waals surface area contributed by atoms with E-state index in [0.717, 1.165) is 13.0 Å². The van der Waals surface area contributed by atoms with Gasteiger partial charge in [-0.05, 0) is 18.4 Å². The molecular weight excluding hydrogens is 126 g/mol. The largest absolute Gasteiger partial charge is 0.378 e. The Morgan fingerprint density at radius 3 is 2.20 bits per heavy atom. The van der Waals surface area contributed by atoms with Crippen LogP contribution >= 0.6 is 0 Å². The zero-order valence-electron chi connectivity index (χ0n) is 7.02. The molecule has 1 saturated heterocycles. The molecule has 2 N–H and O–H groups in total. The second kappa shape index (κ2) is 2.51. The van der Waals surface area contributed by atoms with Gasteiger partial charge in [-0.15, -0.1) is 0 Å². The highest BCUT2D eigenvalue weighted by molar-refractivity contribution is 4.84. The van der Waals surface area contributed by atoms with E-state index in [9.17, 15) is 5.11 Å². The third-order valence-electron chi connectivity index (χ3n) is 2.30. The van der Waals surface area contributed by atoms with Crippen LogP contribution in [0.25, 0.3) is 0 Å². The second-order valence-corrected chi connectivity index (χ2v) is 4.16. The van der Waals surface area contributed by atoms with Crippen LogP contribution in [0, 0.1) is 11.3 Å². The van der Waals surface area contributed by atoms with Crippen molar-refractivity contribution in [3.8, 4) is 0 Å². The lowest BCUT2D eigenvalue weighted by molar-refractivity contribution is 0.0541. The molecule has 0 bridgehead atoms. The van der Waals surface area contributed by atoms with Crippen molar-refractivity contribution in [1.82, 2.24) is 5.32 Å². The molecule has 1 rings (SSSR count). The quantitative estimate of drug-likeness (QED) is 0.529. The van der Waals surface area contributed by atoms with E-state index in [1.807, 2.05) is 0 Å². The zero-order chi connectivity index (χ0) is 7.78. The van der Waals surface area contributed by atoms with Gasteiger partial charge >= 0.3 is 0 Å². The SMILES string of the molecule is CC(C)(C)C1CCNC1O. The summed E-state index contributed by atoms with van der Waals surface area (Å²) in [4.78, 5) is 0. The van der Waals surface area contributed by atoms with Gasteiger partial charge in [0.15, 0.2) is 0 Å². The Hall–Kier alpha value is -0.0800. The summed E-state index contributed by atoms with van der Waals surface area (Å²) >= 11 is 0. The van der Waals surface area contributed by atoms with Crippen LogP contribution in [0.4, 0.5) is 0 Å². The van der Waals surface area contributed by atoms with Crippen molar-refractivity contribution in [3.05, 3.63) is 0 Å². The Morgan fingerprint density at radius 1 is 1.40 bits per heavy atom. The van der Waals surface area contributed by atoms with Crippen molar-refractivity contribution in [3.63, 3.8) is 0 Å². The Morgan fingerprint density at radius 2 is 2.00 bits per heavy atom. The van der Waals surface area contributed by atoms with Crippen molar-refractivity contribution < 1.29 is 5.11 Å². The molecule has 1 fully saturated rings. The minimum Gasteiger partial charge on any atom is -0.378 e. The lowest BCUT2D eigenvalue weighted by Crippen LogP contribution is -2.33. The predicted molar refractivity (Wildman–Crippen MR) is 41.6 cm³/mol. The number of hydrogen-bond acceptors (Lipinski definition) is 2. The molecule has 0 aliphatic carbocycles. The average molecular weight is 143 g/mol. The van der Waals surface area contributed by atoms with Gasteiger partial charge in [0.1, 0.15) is 6.23 Å². The van der Waals surface area contributed by atoms with Crippen molar-refractivity contribution in [2.75, 3.05) is 6.54 Å². The van der Waals surface area contributed by atoms with Crippen LogP contribution in [0.3, 0.4) is 0 Å². The maximum Gasteiger partial charge on any atom is 0.108 e. The minimum absolute atomic E-state index is 0.239. The molecule has 2 atom stereocenters. The van der Waals surface area contributed by atoms with Gasteiger partial charge < -0.3 is 5.11 Å². The first kappa shape index (κ1) is 8.02. The predicted octanol–water partition coefficient (Wildman–Crippen LogP) is 0.960. The van der Waals surface area contributed by atoms with Crippen LogP contribution in [-0.4, -0.2) is 17.9 Å². The maximum absolute atomic E-state index is 9.41. The van der Waals surface area contributed by atoms with Crippen molar-refractivity contribution in [1.29, 1.82) is 0 Å². The molecule has 1 heterocycles. The highest BCUT2D eigenvalue weighted by atomic mass is 16.3. The lowest BCUT2D eigenvalue weighted by Gasteiger charge is -2.28. The first-order valence-electron chi connectivity index (χ1n) is 3.93. The lowest BCUT2D eigenvalue weighted by atomic mass is 9.79. The number of aliphatic hydroxyl groups is 1. The third kappa shape index (κ3) is 1.50. The van der Waals surface area contributed by atoms with Gasteiger partial charge in [-0.3, -0.25) is 5.32 Å². The molecule has 10 heavy (non-hydrogen) atoms. The summed E-state index contributed by atoms with van der Waals surface area (Å²) in [5, 5.41) is 12.4. The van der Waals surface area contributed by atoms with E-state index in [2.05, 4.69) is 26.1 Å². The molecule has 1 aliphatic rings. The standard InChI is InChI=1S/C8H17NO/c1-8(2,3)6-4-5-9-7(6)10/h6-7,9-10H,4-5H2,1-3H3.